The second-order valence-corrected chi connectivity index (χ2v) is 5.31. The molecule has 0 saturated heterocycles. The molecule has 0 N–H and O–H groups in total. The van der Waals surface area contributed by atoms with Gasteiger partial charge in [-0.05, 0) is 41.9 Å². The second kappa shape index (κ2) is 6.43. The van der Waals surface area contributed by atoms with E-state index in [1.165, 1.54) is 12.1 Å². The van der Waals surface area contributed by atoms with Gasteiger partial charge in [0.25, 0.3) is 0 Å². The van der Waals surface area contributed by atoms with Crippen LogP contribution in [0.1, 0.15) is 19.4 Å². The van der Waals surface area contributed by atoms with Crippen molar-refractivity contribution in [2.75, 3.05) is 13.2 Å². The molecule has 1 aromatic rings. The van der Waals surface area contributed by atoms with E-state index in [1.54, 1.807) is 24.0 Å². The summed E-state index contributed by atoms with van der Waals surface area (Å²) in [5.74, 6) is -1.11. The fourth-order valence-electron chi connectivity index (χ4n) is 2.24. The monoisotopic (exact) mass is 355 g/mol. The predicted octanol–water partition coefficient (Wildman–Crippen LogP) is 4.83. The van der Waals surface area contributed by atoms with Gasteiger partial charge in [-0.15, -0.1) is 0 Å². The zero-order valence-electron chi connectivity index (χ0n) is 11.9. The van der Waals surface area contributed by atoms with Crippen molar-refractivity contribution in [3.63, 3.8) is 0 Å². The molecular formula is C16H16BrF2NO. The van der Waals surface area contributed by atoms with Crippen LogP contribution in [0, 0.1) is 11.6 Å². The fraction of sp³-hybridized carbons (Fsp3) is 0.250. The maximum Gasteiger partial charge on any atom is 0.139 e. The Morgan fingerprint density at radius 1 is 1.19 bits per heavy atom. The van der Waals surface area contributed by atoms with E-state index >= 15 is 0 Å². The van der Waals surface area contributed by atoms with Gasteiger partial charge in [0.15, 0.2) is 0 Å². The molecule has 0 atom stereocenters. The highest BCUT2D eigenvalue weighted by molar-refractivity contribution is 9.12. The standard InChI is InChI=1S/C16H16BrF2NO/c1-4-20-10(3)12(17)6-7-15(20)16-13(18)8-11(21-5-2)9-14(16)19/h6-9H,3-5H2,1-2H3. The summed E-state index contributed by atoms with van der Waals surface area (Å²) in [6, 6.07) is 2.40. The van der Waals surface area contributed by atoms with Gasteiger partial charge in [-0.1, -0.05) is 6.58 Å². The number of rotatable bonds is 4. The molecule has 5 heteroatoms. The predicted molar refractivity (Wildman–Crippen MR) is 84.0 cm³/mol. The van der Waals surface area contributed by atoms with Gasteiger partial charge in [-0.25, -0.2) is 8.78 Å². The number of likely N-dealkylation sites (N-methyl/N-ethyl adjacent to an activating group) is 1. The third kappa shape index (κ3) is 3.02. The lowest BCUT2D eigenvalue weighted by molar-refractivity contribution is 0.335. The molecule has 1 aromatic carbocycles. The molecular weight excluding hydrogens is 340 g/mol. The number of hydrogen-bond donors (Lipinski definition) is 0. The molecule has 0 radical (unpaired) electrons. The molecule has 112 valence electrons. The molecule has 1 aliphatic rings. The van der Waals surface area contributed by atoms with Crippen molar-refractivity contribution in [3.05, 3.63) is 58.2 Å². The number of ether oxygens (including phenoxy) is 1. The first-order valence-electron chi connectivity index (χ1n) is 6.66. The Labute approximate surface area is 131 Å². The van der Waals surface area contributed by atoms with Crippen LogP contribution in [0.4, 0.5) is 8.78 Å². The lowest BCUT2D eigenvalue weighted by Gasteiger charge is -2.31. The van der Waals surface area contributed by atoms with Crippen molar-refractivity contribution < 1.29 is 13.5 Å². The van der Waals surface area contributed by atoms with E-state index in [1.807, 2.05) is 6.92 Å². The summed E-state index contributed by atoms with van der Waals surface area (Å²) in [6.45, 7) is 8.50. The number of allylic oxidation sites excluding steroid dienone is 3. The molecule has 1 aliphatic heterocycles. The summed E-state index contributed by atoms with van der Waals surface area (Å²) in [7, 11) is 0. The van der Waals surface area contributed by atoms with Gasteiger partial charge in [0.1, 0.15) is 17.4 Å². The Kier molecular flexibility index (Phi) is 4.83. The third-order valence-corrected chi connectivity index (χ3v) is 3.90. The van der Waals surface area contributed by atoms with Crippen molar-refractivity contribution in [1.29, 1.82) is 0 Å². The summed E-state index contributed by atoms with van der Waals surface area (Å²) in [6.07, 6.45) is 3.41. The first kappa shape index (κ1) is 15.8. The van der Waals surface area contributed by atoms with E-state index < -0.39 is 11.6 Å². The lowest BCUT2D eigenvalue weighted by atomic mass is 10.1. The van der Waals surface area contributed by atoms with E-state index in [0.717, 1.165) is 4.48 Å². The molecule has 0 saturated carbocycles. The van der Waals surface area contributed by atoms with Crippen LogP contribution in [-0.2, 0) is 0 Å². The summed E-state index contributed by atoms with van der Waals surface area (Å²) < 4.78 is 34.5. The van der Waals surface area contributed by atoms with Gasteiger partial charge in [0.05, 0.1) is 17.9 Å². The van der Waals surface area contributed by atoms with Gasteiger partial charge >= 0.3 is 0 Å². The first-order valence-corrected chi connectivity index (χ1v) is 7.45. The normalized spacial score (nSPS) is 14.9. The molecule has 0 bridgehead atoms. The molecule has 0 aliphatic carbocycles. The smallest absolute Gasteiger partial charge is 0.139 e. The molecule has 2 nitrogen and oxygen atoms in total. The summed E-state index contributed by atoms with van der Waals surface area (Å²) in [5, 5.41) is 0. The lowest BCUT2D eigenvalue weighted by Crippen LogP contribution is -2.24. The van der Waals surface area contributed by atoms with Gasteiger partial charge in [-0.3, -0.25) is 0 Å². The van der Waals surface area contributed by atoms with Crippen LogP contribution >= 0.6 is 15.9 Å². The molecule has 0 spiro atoms. The van der Waals surface area contributed by atoms with Crippen molar-refractivity contribution in [2.24, 2.45) is 0 Å². The van der Waals surface area contributed by atoms with Gasteiger partial charge in [-0.2, -0.15) is 0 Å². The highest BCUT2D eigenvalue weighted by Gasteiger charge is 2.24. The molecule has 0 amide bonds. The van der Waals surface area contributed by atoms with Crippen LogP contribution in [-0.4, -0.2) is 18.1 Å². The van der Waals surface area contributed by atoms with Crippen molar-refractivity contribution in [2.45, 2.75) is 13.8 Å². The quantitative estimate of drug-likeness (QED) is 0.766. The SMILES string of the molecule is C=C1C(Br)=CC=C(c2c(F)cc(OCC)cc2F)N1CC. The average Bonchev–Trinajstić information content (AvgIpc) is 2.42. The highest BCUT2D eigenvalue weighted by Crippen LogP contribution is 2.36. The van der Waals surface area contributed by atoms with Crippen molar-refractivity contribution >= 4 is 21.6 Å². The maximum absolute atomic E-state index is 14.3. The molecule has 0 unspecified atom stereocenters. The Hall–Kier alpha value is -1.62. The molecule has 21 heavy (non-hydrogen) atoms. The Bertz CT molecular complexity index is 614. The number of benzene rings is 1. The van der Waals surface area contributed by atoms with Crippen LogP contribution in [0.15, 0.2) is 41.0 Å². The topological polar surface area (TPSA) is 12.5 Å². The number of hydrogen-bond acceptors (Lipinski definition) is 2. The van der Waals surface area contributed by atoms with E-state index in [9.17, 15) is 8.78 Å². The average molecular weight is 356 g/mol. The van der Waals surface area contributed by atoms with Crippen LogP contribution in [0.3, 0.4) is 0 Å². The molecule has 0 fully saturated rings. The Morgan fingerprint density at radius 3 is 2.33 bits per heavy atom. The van der Waals surface area contributed by atoms with Crippen LogP contribution in [0.2, 0.25) is 0 Å². The number of nitrogens with zero attached hydrogens (tertiary/aromatic N) is 1. The van der Waals surface area contributed by atoms with Crippen LogP contribution in [0.5, 0.6) is 5.75 Å². The minimum absolute atomic E-state index is 0.0716. The van der Waals surface area contributed by atoms with Gasteiger partial charge in [0, 0.05) is 28.9 Å². The van der Waals surface area contributed by atoms with E-state index in [4.69, 9.17) is 4.74 Å². The minimum atomic E-state index is -0.651. The summed E-state index contributed by atoms with van der Waals surface area (Å²) >= 11 is 3.37. The third-order valence-electron chi connectivity index (χ3n) is 3.18. The second-order valence-electron chi connectivity index (χ2n) is 4.45. The maximum atomic E-state index is 14.3. The Balaban J connectivity index is 2.53. The number of halogens is 3. The summed E-state index contributed by atoms with van der Waals surface area (Å²) in [4.78, 5) is 1.76. The van der Waals surface area contributed by atoms with Crippen molar-refractivity contribution in [3.8, 4) is 5.75 Å². The Morgan fingerprint density at radius 2 is 1.81 bits per heavy atom. The zero-order valence-corrected chi connectivity index (χ0v) is 13.5. The molecule has 2 rings (SSSR count). The van der Waals surface area contributed by atoms with Crippen molar-refractivity contribution in [1.82, 2.24) is 4.90 Å². The van der Waals surface area contributed by atoms with E-state index in [2.05, 4.69) is 22.5 Å². The van der Waals surface area contributed by atoms with Gasteiger partial charge in [0.2, 0.25) is 0 Å². The fourth-order valence-corrected chi connectivity index (χ4v) is 2.58. The minimum Gasteiger partial charge on any atom is -0.494 e. The highest BCUT2D eigenvalue weighted by atomic mass is 79.9. The first-order chi connectivity index (χ1) is 9.99. The molecule has 0 aromatic heterocycles. The van der Waals surface area contributed by atoms with E-state index in [-0.39, 0.29) is 11.3 Å². The summed E-state index contributed by atoms with van der Waals surface area (Å²) in [5.41, 5.74) is 1.05. The van der Waals surface area contributed by atoms with E-state index in [0.29, 0.717) is 24.5 Å². The van der Waals surface area contributed by atoms with Gasteiger partial charge < -0.3 is 9.64 Å². The van der Waals surface area contributed by atoms with Crippen LogP contribution in [0.25, 0.3) is 5.70 Å². The van der Waals surface area contributed by atoms with Crippen LogP contribution < -0.4 is 4.74 Å². The zero-order chi connectivity index (χ0) is 15.6. The molecule has 1 heterocycles. The largest absolute Gasteiger partial charge is 0.494 e.